The number of amides is 1. The molecule has 4 rings (SSSR count). The van der Waals surface area contributed by atoms with E-state index in [1.165, 1.54) is 6.08 Å². The van der Waals surface area contributed by atoms with E-state index in [9.17, 15) is 4.79 Å². The van der Waals surface area contributed by atoms with Gasteiger partial charge in [-0.05, 0) is 43.7 Å². The minimum atomic E-state index is -0.393. The maximum atomic E-state index is 12.1. The van der Waals surface area contributed by atoms with Gasteiger partial charge in [-0.15, -0.1) is 5.10 Å². The Morgan fingerprint density at radius 2 is 2.07 bits per heavy atom. The number of carbonyl (C=O) groups is 1. The molecule has 0 fully saturated rings. The lowest BCUT2D eigenvalue weighted by Crippen LogP contribution is -2.07. The highest BCUT2D eigenvalue weighted by Crippen LogP contribution is 2.32. The molecule has 1 aliphatic rings. The van der Waals surface area contributed by atoms with Crippen LogP contribution in [-0.2, 0) is 4.79 Å². The zero-order chi connectivity index (χ0) is 18.8. The van der Waals surface area contributed by atoms with Crippen LogP contribution in [0.25, 0.3) is 17.7 Å². The molecule has 0 saturated carbocycles. The Balaban J connectivity index is 1.40. The number of benzene rings is 1. The van der Waals surface area contributed by atoms with Crippen molar-refractivity contribution < 1.29 is 18.7 Å². The fourth-order valence-corrected chi connectivity index (χ4v) is 2.45. The first-order valence-corrected chi connectivity index (χ1v) is 8.36. The molecule has 0 saturated heterocycles. The third-order valence-corrected chi connectivity index (χ3v) is 3.84. The van der Waals surface area contributed by atoms with Gasteiger partial charge in [-0.1, -0.05) is 11.2 Å². The van der Waals surface area contributed by atoms with Gasteiger partial charge < -0.3 is 13.9 Å². The lowest BCUT2D eigenvalue weighted by atomic mass is 10.2. The van der Waals surface area contributed by atoms with Gasteiger partial charge in [0.1, 0.15) is 5.69 Å². The van der Waals surface area contributed by atoms with Gasteiger partial charge >= 0.3 is 6.01 Å². The lowest BCUT2D eigenvalue weighted by Gasteiger charge is -2.02. The maximum absolute atomic E-state index is 12.1. The zero-order valence-electron chi connectivity index (χ0n) is 14.7. The Labute approximate surface area is 154 Å². The second kappa shape index (κ2) is 6.94. The fourth-order valence-electron chi connectivity index (χ4n) is 2.45. The van der Waals surface area contributed by atoms with Crippen molar-refractivity contribution in [3.8, 4) is 23.1 Å². The molecule has 1 aliphatic heterocycles. The molecule has 2 aromatic heterocycles. The van der Waals surface area contributed by atoms with E-state index in [2.05, 4.69) is 20.6 Å². The quantitative estimate of drug-likeness (QED) is 0.691. The Kier molecular flexibility index (Phi) is 4.33. The maximum Gasteiger partial charge on any atom is 0.322 e. The first-order valence-electron chi connectivity index (χ1n) is 8.36. The lowest BCUT2D eigenvalue weighted by molar-refractivity contribution is -0.112. The number of hydrogen-bond donors (Lipinski definition) is 1. The van der Waals surface area contributed by atoms with E-state index in [1.54, 1.807) is 29.0 Å². The highest BCUT2D eigenvalue weighted by molar-refractivity contribution is 6.00. The molecule has 3 heterocycles. The minimum absolute atomic E-state index is 0.00411. The normalized spacial score (nSPS) is 12.9. The van der Waals surface area contributed by atoms with Crippen molar-refractivity contribution >= 4 is 18.0 Å². The molecule has 0 atom stereocenters. The summed E-state index contributed by atoms with van der Waals surface area (Å²) in [5.41, 5.74) is 1.35. The van der Waals surface area contributed by atoms with Gasteiger partial charge in [-0.3, -0.25) is 14.8 Å². The number of hydrogen-bond acceptors (Lipinski definition) is 7. The summed E-state index contributed by atoms with van der Waals surface area (Å²) in [6.07, 6.45) is 4.85. The fraction of sp³-hybridized carbons (Fsp3) is 0.222. The van der Waals surface area contributed by atoms with Crippen molar-refractivity contribution in [1.29, 1.82) is 0 Å². The summed E-state index contributed by atoms with van der Waals surface area (Å²) >= 11 is 0. The van der Waals surface area contributed by atoms with Crippen LogP contribution in [0.15, 0.2) is 41.0 Å². The molecule has 0 radical (unpaired) electrons. The summed E-state index contributed by atoms with van der Waals surface area (Å²) in [4.78, 5) is 12.1. The van der Waals surface area contributed by atoms with Crippen molar-refractivity contribution in [1.82, 2.24) is 20.0 Å². The predicted molar refractivity (Wildman–Crippen MR) is 96.1 cm³/mol. The molecule has 0 bridgehead atoms. The predicted octanol–water partition coefficient (Wildman–Crippen LogP) is 2.89. The molecule has 27 heavy (non-hydrogen) atoms. The molecule has 1 aromatic carbocycles. The highest BCUT2D eigenvalue weighted by Gasteiger charge is 2.14. The molecule has 9 nitrogen and oxygen atoms in total. The number of aromatic nitrogens is 4. The number of carbonyl (C=O) groups excluding carboxylic acids is 1. The van der Waals surface area contributed by atoms with Crippen LogP contribution < -0.4 is 14.8 Å². The monoisotopic (exact) mass is 367 g/mol. The summed E-state index contributed by atoms with van der Waals surface area (Å²) in [5, 5.41) is 14.6. The first-order chi connectivity index (χ1) is 13.1. The molecule has 3 aromatic rings. The number of ether oxygens (including phenoxy) is 2. The van der Waals surface area contributed by atoms with Crippen molar-refractivity contribution in [2.24, 2.45) is 0 Å². The summed E-state index contributed by atoms with van der Waals surface area (Å²) in [6.45, 7) is 4.24. The Morgan fingerprint density at radius 3 is 2.89 bits per heavy atom. The van der Waals surface area contributed by atoms with Crippen LogP contribution in [0.5, 0.6) is 11.5 Å². The Hall–Kier alpha value is -3.62. The van der Waals surface area contributed by atoms with Gasteiger partial charge in [0.25, 0.3) is 11.8 Å². The van der Waals surface area contributed by atoms with Gasteiger partial charge in [0.05, 0.1) is 0 Å². The van der Waals surface area contributed by atoms with Crippen LogP contribution in [0.2, 0.25) is 0 Å². The average molecular weight is 367 g/mol. The van der Waals surface area contributed by atoms with E-state index in [0.717, 1.165) is 5.56 Å². The number of nitrogens with one attached hydrogen (secondary N) is 1. The molecule has 0 unspecified atom stereocenters. The van der Waals surface area contributed by atoms with E-state index in [1.807, 2.05) is 26.1 Å². The standard InChI is InChI=1S/C18H17N5O4/c1-11(2)23-8-7-13(22-23)17-20-21-18(27-17)19-16(24)6-4-12-3-5-14-15(9-12)26-10-25-14/h3-9,11H,10H2,1-2H3,(H,19,21,24)/b6-4-. The first kappa shape index (κ1) is 16.8. The van der Waals surface area contributed by atoms with Gasteiger partial charge in [0.2, 0.25) is 6.79 Å². The smallest absolute Gasteiger partial charge is 0.322 e. The van der Waals surface area contributed by atoms with Crippen LogP contribution >= 0.6 is 0 Å². The third-order valence-electron chi connectivity index (χ3n) is 3.84. The third kappa shape index (κ3) is 3.66. The largest absolute Gasteiger partial charge is 0.454 e. The van der Waals surface area contributed by atoms with E-state index >= 15 is 0 Å². The molecule has 0 spiro atoms. The Morgan fingerprint density at radius 1 is 1.22 bits per heavy atom. The molecular formula is C18H17N5O4. The van der Waals surface area contributed by atoms with Crippen LogP contribution in [-0.4, -0.2) is 32.7 Å². The van der Waals surface area contributed by atoms with E-state index < -0.39 is 5.91 Å². The summed E-state index contributed by atoms with van der Waals surface area (Å²) in [6, 6.07) is 7.42. The molecule has 138 valence electrons. The number of fused-ring (bicyclic) bond motifs is 1. The summed E-state index contributed by atoms with van der Waals surface area (Å²) in [7, 11) is 0. The number of nitrogens with zero attached hydrogens (tertiary/aromatic N) is 4. The van der Waals surface area contributed by atoms with Gasteiger partial charge in [-0.2, -0.15) is 5.10 Å². The number of anilines is 1. The van der Waals surface area contributed by atoms with Crippen LogP contribution in [0.4, 0.5) is 6.01 Å². The van der Waals surface area contributed by atoms with Gasteiger partial charge in [-0.25, -0.2) is 0 Å². The zero-order valence-corrected chi connectivity index (χ0v) is 14.7. The van der Waals surface area contributed by atoms with Crippen molar-refractivity contribution in [2.45, 2.75) is 19.9 Å². The highest BCUT2D eigenvalue weighted by atomic mass is 16.7. The van der Waals surface area contributed by atoms with Crippen LogP contribution in [0.1, 0.15) is 25.5 Å². The second-order valence-corrected chi connectivity index (χ2v) is 6.12. The number of rotatable bonds is 5. The molecule has 0 aliphatic carbocycles. The molecule has 9 heteroatoms. The SMILES string of the molecule is CC(C)n1ccc(-c2nnc(NC(=O)/C=C\c3ccc4c(c3)OCO4)o2)n1. The summed E-state index contributed by atoms with van der Waals surface area (Å²) < 4.78 is 17.8. The second-order valence-electron chi connectivity index (χ2n) is 6.12. The van der Waals surface area contributed by atoms with Crippen LogP contribution in [0.3, 0.4) is 0 Å². The van der Waals surface area contributed by atoms with Gasteiger partial charge in [0.15, 0.2) is 11.5 Å². The van der Waals surface area contributed by atoms with E-state index in [-0.39, 0.29) is 24.7 Å². The molecule has 1 amide bonds. The van der Waals surface area contributed by atoms with Crippen molar-refractivity contribution in [2.75, 3.05) is 12.1 Å². The van der Waals surface area contributed by atoms with Gasteiger partial charge in [0, 0.05) is 18.3 Å². The van der Waals surface area contributed by atoms with Crippen molar-refractivity contribution in [3.05, 3.63) is 42.1 Å². The van der Waals surface area contributed by atoms with E-state index in [4.69, 9.17) is 13.9 Å². The molecular weight excluding hydrogens is 350 g/mol. The minimum Gasteiger partial charge on any atom is -0.454 e. The Bertz CT molecular complexity index is 1000. The topological polar surface area (TPSA) is 104 Å². The molecule has 1 N–H and O–H groups in total. The summed E-state index contributed by atoms with van der Waals surface area (Å²) in [5.74, 6) is 1.19. The van der Waals surface area contributed by atoms with Crippen molar-refractivity contribution in [3.63, 3.8) is 0 Å². The van der Waals surface area contributed by atoms with E-state index in [0.29, 0.717) is 17.2 Å². The average Bonchev–Trinajstić information content (AvgIpc) is 3.39. The van der Waals surface area contributed by atoms with Crippen LogP contribution in [0, 0.1) is 0 Å².